The average Bonchev–Trinajstić information content (AvgIpc) is 2.90. The van der Waals surface area contributed by atoms with E-state index in [0.717, 1.165) is 33.3 Å². The minimum absolute atomic E-state index is 0.130. The van der Waals surface area contributed by atoms with Crippen molar-refractivity contribution in [1.82, 2.24) is 14.0 Å². The van der Waals surface area contributed by atoms with Gasteiger partial charge in [-0.05, 0) is 23.8 Å². The second-order valence-electron chi connectivity index (χ2n) is 5.31. The molecule has 2 aromatic rings. The molecule has 1 amide bonds. The monoisotopic (exact) mass is 363 g/mol. The first-order chi connectivity index (χ1) is 11.3. The maximum Gasteiger partial charge on any atom is 0.328 e. The van der Waals surface area contributed by atoms with Crippen LogP contribution in [0.3, 0.4) is 0 Å². The molecule has 1 aromatic carbocycles. The van der Waals surface area contributed by atoms with Gasteiger partial charge in [0.25, 0.3) is 5.91 Å². The fourth-order valence-electron chi connectivity index (χ4n) is 2.54. The van der Waals surface area contributed by atoms with E-state index in [4.69, 9.17) is 17.3 Å². The number of benzene rings is 1. The number of aryl methyl sites for hydroxylation is 2. The normalized spacial score (nSPS) is 16.6. The SMILES string of the molecule is Cn1c(=O)n(C)c2cc(/C=C3/SC(=S)N(CC(=O)O)C3=O)ccc21. The van der Waals surface area contributed by atoms with Gasteiger partial charge in [0.15, 0.2) is 0 Å². The van der Waals surface area contributed by atoms with Gasteiger partial charge in [0.1, 0.15) is 10.9 Å². The summed E-state index contributed by atoms with van der Waals surface area (Å²) in [6.07, 6.45) is 1.65. The topological polar surface area (TPSA) is 84.5 Å². The predicted octanol–water partition coefficient (Wildman–Crippen LogP) is 1.16. The molecule has 3 rings (SSSR count). The molecule has 0 unspecified atom stereocenters. The molecule has 1 N–H and O–H groups in total. The zero-order valence-electron chi connectivity index (χ0n) is 12.8. The van der Waals surface area contributed by atoms with E-state index in [0.29, 0.717) is 4.91 Å². The van der Waals surface area contributed by atoms with Crippen molar-refractivity contribution in [3.63, 3.8) is 0 Å². The zero-order chi connectivity index (χ0) is 17.6. The highest BCUT2D eigenvalue weighted by molar-refractivity contribution is 8.26. The summed E-state index contributed by atoms with van der Waals surface area (Å²) in [5.41, 5.74) is 2.14. The van der Waals surface area contributed by atoms with E-state index in [1.54, 1.807) is 42.9 Å². The maximum atomic E-state index is 12.3. The number of hydrogen-bond donors (Lipinski definition) is 1. The van der Waals surface area contributed by atoms with E-state index in [1.807, 2.05) is 0 Å². The van der Waals surface area contributed by atoms with Gasteiger partial charge in [-0.2, -0.15) is 0 Å². The van der Waals surface area contributed by atoms with E-state index in [2.05, 4.69) is 0 Å². The number of hydrogen-bond acceptors (Lipinski definition) is 5. The Morgan fingerprint density at radius 2 is 1.92 bits per heavy atom. The Bertz CT molecular complexity index is 987. The first kappa shape index (κ1) is 16.5. The third-order valence-corrected chi connectivity index (χ3v) is 5.14. The Labute approximate surface area is 146 Å². The maximum absolute atomic E-state index is 12.3. The molecule has 2 heterocycles. The third kappa shape index (κ3) is 2.65. The van der Waals surface area contributed by atoms with Gasteiger partial charge in [0, 0.05) is 14.1 Å². The Morgan fingerprint density at radius 3 is 2.58 bits per heavy atom. The fourth-order valence-corrected chi connectivity index (χ4v) is 3.79. The van der Waals surface area contributed by atoms with Gasteiger partial charge in [-0.3, -0.25) is 23.6 Å². The van der Waals surface area contributed by atoms with Crippen LogP contribution in [0.1, 0.15) is 5.56 Å². The van der Waals surface area contributed by atoms with Crippen molar-refractivity contribution in [3.05, 3.63) is 39.2 Å². The summed E-state index contributed by atoms with van der Waals surface area (Å²) >= 11 is 6.13. The molecule has 1 aliphatic heterocycles. The van der Waals surface area contributed by atoms with Crippen LogP contribution in [-0.4, -0.2) is 41.9 Å². The molecular formula is C15H13N3O4S2. The number of thioether (sulfide) groups is 1. The lowest BCUT2D eigenvalue weighted by molar-refractivity contribution is -0.140. The molecule has 124 valence electrons. The first-order valence-corrected chi connectivity index (χ1v) is 8.14. The molecule has 0 saturated carbocycles. The van der Waals surface area contributed by atoms with Gasteiger partial charge in [0.2, 0.25) is 0 Å². The van der Waals surface area contributed by atoms with Crippen LogP contribution in [0.2, 0.25) is 0 Å². The molecule has 1 fully saturated rings. The number of nitrogens with zero attached hydrogens (tertiary/aromatic N) is 3. The first-order valence-electron chi connectivity index (χ1n) is 6.92. The molecule has 1 saturated heterocycles. The number of thiocarbonyl (C=S) groups is 1. The Kier molecular flexibility index (Phi) is 4.06. The van der Waals surface area contributed by atoms with Gasteiger partial charge in [-0.1, -0.05) is 30.0 Å². The quantitative estimate of drug-likeness (QED) is 0.651. The Morgan fingerprint density at radius 1 is 1.25 bits per heavy atom. The average molecular weight is 363 g/mol. The molecule has 9 heteroatoms. The number of aliphatic carboxylic acids is 1. The Balaban J connectivity index is 2.00. The highest BCUT2D eigenvalue weighted by atomic mass is 32.2. The summed E-state index contributed by atoms with van der Waals surface area (Å²) in [5, 5.41) is 8.85. The van der Waals surface area contributed by atoms with E-state index in [1.165, 1.54) is 4.57 Å². The van der Waals surface area contributed by atoms with Crippen molar-refractivity contribution in [2.24, 2.45) is 14.1 Å². The molecule has 0 radical (unpaired) electrons. The summed E-state index contributed by atoms with van der Waals surface area (Å²) in [4.78, 5) is 36.5. The van der Waals surface area contributed by atoms with Gasteiger partial charge in [0.05, 0.1) is 15.9 Å². The second kappa shape index (κ2) is 5.91. The Hall–Kier alpha value is -2.39. The van der Waals surface area contributed by atoms with Gasteiger partial charge >= 0.3 is 11.7 Å². The summed E-state index contributed by atoms with van der Waals surface area (Å²) in [7, 11) is 3.38. The van der Waals surface area contributed by atoms with Crippen molar-refractivity contribution in [2.45, 2.75) is 0 Å². The number of aromatic nitrogens is 2. The molecule has 0 aliphatic carbocycles. The number of carbonyl (C=O) groups is 2. The minimum atomic E-state index is -1.12. The van der Waals surface area contributed by atoms with E-state index >= 15 is 0 Å². The summed E-state index contributed by atoms with van der Waals surface area (Å²) in [6.45, 7) is -0.450. The highest BCUT2D eigenvalue weighted by Gasteiger charge is 2.33. The summed E-state index contributed by atoms with van der Waals surface area (Å²) < 4.78 is 3.30. The summed E-state index contributed by atoms with van der Waals surface area (Å²) in [5.74, 6) is -1.54. The number of carbonyl (C=O) groups excluding carboxylic acids is 1. The fraction of sp³-hybridized carbons (Fsp3) is 0.200. The summed E-state index contributed by atoms with van der Waals surface area (Å²) in [6, 6.07) is 5.41. The lowest BCUT2D eigenvalue weighted by Gasteiger charge is -2.10. The van der Waals surface area contributed by atoms with Crippen LogP contribution in [0.5, 0.6) is 0 Å². The molecule has 0 spiro atoms. The van der Waals surface area contributed by atoms with Crippen molar-refractivity contribution >= 4 is 57.3 Å². The second-order valence-corrected chi connectivity index (χ2v) is 6.99. The molecule has 0 atom stereocenters. The number of carboxylic acids is 1. The molecule has 24 heavy (non-hydrogen) atoms. The molecule has 1 aromatic heterocycles. The third-order valence-electron chi connectivity index (χ3n) is 3.76. The van der Waals surface area contributed by atoms with Crippen LogP contribution in [-0.2, 0) is 23.7 Å². The van der Waals surface area contributed by atoms with Gasteiger partial charge in [-0.15, -0.1) is 0 Å². The molecule has 7 nitrogen and oxygen atoms in total. The molecular weight excluding hydrogens is 350 g/mol. The molecule has 0 bridgehead atoms. The van der Waals surface area contributed by atoms with E-state index in [-0.39, 0.29) is 10.0 Å². The lowest BCUT2D eigenvalue weighted by Crippen LogP contribution is -2.33. The highest BCUT2D eigenvalue weighted by Crippen LogP contribution is 2.32. The van der Waals surface area contributed by atoms with Crippen LogP contribution in [0.15, 0.2) is 27.9 Å². The smallest absolute Gasteiger partial charge is 0.328 e. The number of carboxylic acid groups (broad SMARTS) is 1. The van der Waals surface area contributed by atoms with Crippen molar-refractivity contribution in [2.75, 3.05) is 6.54 Å². The molecule has 1 aliphatic rings. The van der Waals surface area contributed by atoms with Crippen molar-refractivity contribution in [1.29, 1.82) is 0 Å². The van der Waals surface area contributed by atoms with Crippen LogP contribution in [0, 0.1) is 0 Å². The number of rotatable bonds is 3. The van der Waals surface area contributed by atoms with Crippen LogP contribution in [0.4, 0.5) is 0 Å². The van der Waals surface area contributed by atoms with Crippen LogP contribution >= 0.6 is 24.0 Å². The zero-order valence-corrected chi connectivity index (χ0v) is 14.5. The van der Waals surface area contributed by atoms with Crippen LogP contribution in [0.25, 0.3) is 17.1 Å². The van der Waals surface area contributed by atoms with Gasteiger partial charge in [-0.25, -0.2) is 4.79 Å². The number of fused-ring (bicyclic) bond motifs is 1. The number of imidazole rings is 1. The van der Waals surface area contributed by atoms with E-state index in [9.17, 15) is 14.4 Å². The predicted molar refractivity (Wildman–Crippen MR) is 95.7 cm³/mol. The minimum Gasteiger partial charge on any atom is -0.480 e. The standard InChI is InChI=1S/C15H13N3O4S2/c1-16-9-4-3-8(5-10(9)17(2)14(16)22)6-11-13(21)18(7-12(19)20)15(23)24-11/h3-6H,7H2,1-2H3,(H,19,20)/b11-6+. The van der Waals surface area contributed by atoms with Crippen molar-refractivity contribution < 1.29 is 14.7 Å². The van der Waals surface area contributed by atoms with Crippen molar-refractivity contribution in [3.8, 4) is 0 Å². The van der Waals surface area contributed by atoms with Crippen LogP contribution < -0.4 is 5.69 Å². The van der Waals surface area contributed by atoms with Gasteiger partial charge < -0.3 is 5.11 Å². The van der Waals surface area contributed by atoms with E-state index < -0.39 is 18.4 Å². The largest absolute Gasteiger partial charge is 0.480 e. The number of amides is 1. The lowest BCUT2D eigenvalue weighted by atomic mass is 10.2.